The molecule has 1 heterocycles. The summed E-state index contributed by atoms with van der Waals surface area (Å²) < 4.78 is 4.93. The van der Waals surface area contributed by atoms with Gasteiger partial charge in [0.15, 0.2) is 6.23 Å². The van der Waals surface area contributed by atoms with Gasteiger partial charge >= 0.3 is 0 Å². The number of aliphatic hydroxyl groups is 3. The highest BCUT2D eigenvalue weighted by molar-refractivity contribution is 5.85. The van der Waals surface area contributed by atoms with Crippen LogP contribution < -0.4 is 16.9 Å². The first-order chi connectivity index (χ1) is 6.52. The number of hydrogen-bond donors (Lipinski definition) is 6. The van der Waals surface area contributed by atoms with Crippen molar-refractivity contribution < 1.29 is 20.1 Å². The third kappa shape index (κ3) is 3.68. The summed E-state index contributed by atoms with van der Waals surface area (Å²) in [7, 11) is 0. The van der Waals surface area contributed by atoms with Gasteiger partial charge in [-0.25, -0.2) is 0 Å². The van der Waals surface area contributed by atoms with Gasteiger partial charge in [-0.2, -0.15) is 0 Å². The molecule has 0 saturated carbocycles. The molecule has 0 aromatic carbocycles. The van der Waals surface area contributed by atoms with E-state index in [0.29, 0.717) is 0 Å². The van der Waals surface area contributed by atoms with Crippen molar-refractivity contribution in [3.05, 3.63) is 0 Å². The van der Waals surface area contributed by atoms with Crippen LogP contribution >= 0.6 is 12.4 Å². The molecule has 0 unspecified atom stereocenters. The molecule has 1 saturated heterocycles. The summed E-state index contributed by atoms with van der Waals surface area (Å²) in [6, 6.07) is 0. The quantitative estimate of drug-likeness (QED) is 0.168. The lowest BCUT2D eigenvalue weighted by atomic mass is 10.1. The molecule has 0 bridgehead atoms. The van der Waals surface area contributed by atoms with E-state index in [2.05, 4.69) is 10.5 Å². The first kappa shape index (κ1) is 14.2. The zero-order valence-electron chi connectivity index (χ0n) is 7.78. The van der Waals surface area contributed by atoms with Gasteiger partial charge in [0.25, 0.3) is 0 Å². The minimum absolute atomic E-state index is 0. The Morgan fingerprint density at radius 3 is 2.40 bits per heavy atom. The van der Waals surface area contributed by atoms with Gasteiger partial charge in [0.2, 0.25) is 5.96 Å². The number of hydrogen-bond acceptors (Lipinski definition) is 6. The summed E-state index contributed by atoms with van der Waals surface area (Å²) in [6.45, 7) is -0.101. The van der Waals surface area contributed by atoms with E-state index >= 15 is 0 Å². The van der Waals surface area contributed by atoms with Crippen LogP contribution in [0.1, 0.15) is 0 Å². The zero-order valence-corrected chi connectivity index (χ0v) is 8.59. The highest BCUT2D eigenvalue weighted by Gasteiger charge is 2.37. The molecule has 1 aliphatic rings. The van der Waals surface area contributed by atoms with Crippen molar-refractivity contribution in [1.29, 1.82) is 0 Å². The average Bonchev–Trinajstić information content (AvgIpc) is 2.13. The summed E-state index contributed by atoms with van der Waals surface area (Å²) in [6.07, 6.45) is -4.62. The molecule has 0 aromatic heterocycles. The Hall–Kier alpha value is -0.800. The van der Waals surface area contributed by atoms with E-state index in [4.69, 9.17) is 21.3 Å². The van der Waals surface area contributed by atoms with Gasteiger partial charge in [-0.3, -0.25) is 5.43 Å². The second-order valence-electron chi connectivity index (χ2n) is 2.97. The van der Waals surface area contributed by atoms with Crippen molar-refractivity contribution in [3.8, 4) is 0 Å². The molecule has 15 heavy (non-hydrogen) atoms. The molecule has 0 amide bonds. The molecule has 1 rings (SSSR count). The summed E-state index contributed by atoms with van der Waals surface area (Å²) in [5.74, 6) is -0.221. The fraction of sp³-hybridized carbons (Fsp3) is 0.833. The molecule has 9 heteroatoms. The van der Waals surface area contributed by atoms with Crippen LogP contribution in [-0.2, 0) is 4.74 Å². The molecule has 0 aliphatic carbocycles. The van der Waals surface area contributed by atoms with Crippen LogP contribution in [-0.4, -0.2) is 52.4 Å². The molecule has 1 fully saturated rings. The number of nitrogens with zero attached hydrogens (tertiary/aromatic N) is 1. The Kier molecular flexibility index (Phi) is 5.61. The Morgan fingerprint density at radius 1 is 1.27 bits per heavy atom. The SMILES string of the molecule is Cl.NC(N)=NN[C@H]1OC[C@H](O)[C@H](O)[C@H]1O. The van der Waals surface area contributed by atoms with Crippen molar-refractivity contribution >= 4 is 18.4 Å². The van der Waals surface area contributed by atoms with Gasteiger partial charge in [0, 0.05) is 0 Å². The number of aliphatic hydroxyl groups excluding tert-OH is 3. The van der Waals surface area contributed by atoms with E-state index in [9.17, 15) is 10.2 Å². The molecule has 90 valence electrons. The fourth-order valence-corrected chi connectivity index (χ4v) is 1.06. The van der Waals surface area contributed by atoms with Gasteiger partial charge in [-0.1, -0.05) is 0 Å². The molecule has 0 radical (unpaired) electrons. The van der Waals surface area contributed by atoms with Gasteiger partial charge in [0.05, 0.1) is 6.61 Å². The highest BCUT2D eigenvalue weighted by Crippen LogP contribution is 2.13. The standard InChI is InChI=1S/C6H14N4O4.ClH/c7-6(8)10-9-5-4(13)3(12)2(11)1-14-5;/h2-5,9,11-13H,1H2,(H4,7,8,10);1H/t2-,3-,4+,5-;/m0./s1. The Bertz CT molecular complexity index is 225. The van der Waals surface area contributed by atoms with E-state index in [0.717, 1.165) is 0 Å². The maximum atomic E-state index is 9.37. The molecule has 1 aliphatic heterocycles. The van der Waals surface area contributed by atoms with E-state index in [-0.39, 0.29) is 25.0 Å². The van der Waals surface area contributed by atoms with Crippen LogP contribution in [0.4, 0.5) is 0 Å². The van der Waals surface area contributed by atoms with Crippen LogP contribution in [0.2, 0.25) is 0 Å². The first-order valence-electron chi connectivity index (χ1n) is 4.02. The first-order valence-corrected chi connectivity index (χ1v) is 4.02. The fourth-order valence-electron chi connectivity index (χ4n) is 1.06. The summed E-state index contributed by atoms with van der Waals surface area (Å²) in [4.78, 5) is 0. The van der Waals surface area contributed by atoms with Crippen LogP contribution in [0.15, 0.2) is 5.10 Å². The Morgan fingerprint density at radius 2 is 1.87 bits per heavy atom. The topological polar surface area (TPSA) is 146 Å². The average molecular weight is 243 g/mol. The third-order valence-corrected chi connectivity index (χ3v) is 1.82. The second kappa shape index (κ2) is 5.93. The maximum absolute atomic E-state index is 9.37. The molecule has 8 N–H and O–H groups in total. The minimum Gasteiger partial charge on any atom is -0.388 e. The molecule has 4 atom stereocenters. The number of hydrazone groups is 1. The lowest BCUT2D eigenvalue weighted by Gasteiger charge is -2.34. The molecule has 0 aromatic rings. The smallest absolute Gasteiger partial charge is 0.208 e. The van der Waals surface area contributed by atoms with Gasteiger partial charge < -0.3 is 31.5 Å². The Balaban J connectivity index is 0.00000196. The van der Waals surface area contributed by atoms with Crippen molar-refractivity contribution in [2.75, 3.05) is 6.61 Å². The number of guanidine groups is 1. The summed E-state index contributed by atoms with van der Waals surface area (Å²) in [5, 5.41) is 31.1. The predicted octanol–water partition coefficient (Wildman–Crippen LogP) is -3.37. The van der Waals surface area contributed by atoms with E-state index in [1.807, 2.05) is 0 Å². The number of halogens is 1. The summed E-state index contributed by atoms with van der Waals surface area (Å²) >= 11 is 0. The Labute approximate surface area is 92.3 Å². The number of nitrogens with two attached hydrogens (primary N) is 2. The van der Waals surface area contributed by atoms with Crippen LogP contribution in [0.5, 0.6) is 0 Å². The van der Waals surface area contributed by atoms with Gasteiger partial charge in [0.1, 0.15) is 18.3 Å². The molecule has 0 spiro atoms. The lowest BCUT2D eigenvalue weighted by molar-refractivity contribution is -0.195. The van der Waals surface area contributed by atoms with E-state index < -0.39 is 24.5 Å². The molecular formula is C6H15ClN4O4. The molecule has 8 nitrogen and oxygen atoms in total. The second-order valence-corrected chi connectivity index (χ2v) is 2.97. The van der Waals surface area contributed by atoms with Crippen molar-refractivity contribution in [1.82, 2.24) is 5.43 Å². The highest BCUT2D eigenvalue weighted by atomic mass is 35.5. The maximum Gasteiger partial charge on any atom is 0.208 e. The van der Waals surface area contributed by atoms with Crippen LogP contribution in [0.25, 0.3) is 0 Å². The monoisotopic (exact) mass is 242 g/mol. The van der Waals surface area contributed by atoms with Gasteiger partial charge in [-0.05, 0) is 0 Å². The normalized spacial score (nSPS) is 35.1. The van der Waals surface area contributed by atoms with E-state index in [1.165, 1.54) is 0 Å². The number of rotatable bonds is 2. The van der Waals surface area contributed by atoms with Crippen molar-refractivity contribution in [3.63, 3.8) is 0 Å². The largest absolute Gasteiger partial charge is 0.388 e. The zero-order chi connectivity index (χ0) is 10.7. The van der Waals surface area contributed by atoms with Crippen LogP contribution in [0.3, 0.4) is 0 Å². The predicted molar refractivity (Wildman–Crippen MR) is 54.0 cm³/mol. The third-order valence-electron chi connectivity index (χ3n) is 1.82. The van der Waals surface area contributed by atoms with Crippen LogP contribution in [0, 0.1) is 0 Å². The molecular weight excluding hydrogens is 228 g/mol. The number of nitrogens with one attached hydrogen (secondary N) is 1. The van der Waals surface area contributed by atoms with Crippen molar-refractivity contribution in [2.24, 2.45) is 16.6 Å². The number of ether oxygens (including phenoxy) is 1. The lowest BCUT2D eigenvalue weighted by Crippen LogP contribution is -2.57. The van der Waals surface area contributed by atoms with Crippen molar-refractivity contribution in [2.45, 2.75) is 24.5 Å². The van der Waals surface area contributed by atoms with E-state index in [1.54, 1.807) is 0 Å². The van der Waals surface area contributed by atoms with Gasteiger partial charge in [-0.15, -0.1) is 17.5 Å². The minimum atomic E-state index is -1.29. The summed E-state index contributed by atoms with van der Waals surface area (Å²) in [5.41, 5.74) is 12.4.